The number of carbonyl (C=O) groups excluding carboxylic acids is 3. The summed E-state index contributed by atoms with van der Waals surface area (Å²) in [6.07, 6.45) is 1.19. The molecule has 0 aliphatic carbocycles. The first-order valence-electron chi connectivity index (χ1n) is 8.64. The van der Waals surface area contributed by atoms with Crippen LogP contribution in [0.3, 0.4) is 0 Å². The van der Waals surface area contributed by atoms with Crippen LogP contribution in [-0.2, 0) is 28.6 Å². The number of ether oxygens (including phenoxy) is 3. The van der Waals surface area contributed by atoms with Crippen LogP contribution < -0.4 is 0 Å². The molecule has 2 saturated heterocycles. The summed E-state index contributed by atoms with van der Waals surface area (Å²) in [6.45, 7) is 10.6. The van der Waals surface area contributed by atoms with E-state index in [-0.39, 0.29) is 41.7 Å². The fourth-order valence-electron chi connectivity index (χ4n) is 3.93. The highest BCUT2D eigenvalue weighted by molar-refractivity contribution is 5.99. The third-order valence-electron chi connectivity index (χ3n) is 5.48. The molecule has 0 N–H and O–H groups in total. The van der Waals surface area contributed by atoms with Crippen molar-refractivity contribution in [3.63, 3.8) is 0 Å². The van der Waals surface area contributed by atoms with Crippen LogP contribution in [0.25, 0.3) is 0 Å². The molecule has 0 amide bonds. The molecule has 2 bridgehead atoms. The van der Waals surface area contributed by atoms with Crippen molar-refractivity contribution in [2.45, 2.75) is 58.3 Å². The normalized spacial score (nSPS) is 40.0. The van der Waals surface area contributed by atoms with Gasteiger partial charge in [0, 0.05) is 29.9 Å². The Morgan fingerprint density at radius 2 is 2.04 bits per heavy atom. The summed E-state index contributed by atoms with van der Waals surface area (Å²) in [5, 5.41) is 0. The van der Waals surface area contributed by atoms with Gasteiger partial charge in [-0.15, -0.1) is 0 Å². The number of ketones is 1. The lowest BCUT2D eigenvalue weighted by atomic mass is 9.78. The average molecular weight is 348 g/mol. The van der Waals surface area contributed by atoms with Crippen molar-refractivity contribution in [1.82, 2.24) is 0 Å². The van der Waals surface area contributed by atoms with Crippen molar-refractivity contribution >= 4 is 17.7 Å². The minimum absolute atomic E-state index is 0.0630. The number of carbonyl (C=O) groups is 3. The lowest BCUT2D eigenvalue weighted by Gasteiger charge is -2.32. The van der Waals surface area contributed by atoms with Crippen LogP contribution in [0, 0.1) is 17.8 Å². The number of esters is 2. The molecule has 6 nitrogen and oxygen atoms in total. The minimum Gasteiger partial charge on any atom is -0.483 e. The number of fused-ring (bicyclic) bond motifs is 3. The van der Waals surface area contributed by atoms with Gasteiger partial charge in [-0.3, -0.25) is 9.59 Å². The van der Waals surface area contributed by atoms with Crippen molar-refractivity contribution in [1.29, 1.82) is 0 Å². The fraction of sp³-hybridized carbons (Fsp3) is 0.632. The predicted octanol–water partition coefficient (Wildman–Crippen LogP) is 2.32. The van der Waals surface area contributed by atoms with Crippen LogP contribution >= 0.6 is 0 Å². The Hall–Kier alpha value is -2.11. The molecule has 3 aliphatic heterocycles. The molecule has 3 aliphatic rings. The van der Waals surface area contributed by atoms with E-state index in [4.69, 9.17) is 14.2 Å². The molecular weight excluding hydrogens is 324 g/mol. The molecule has 0 aromatic carbocycles. The topological polar surface area (TPSA) is 78.9 Å². The second-order valence-corrected chi connectivity index (χ2v) is 7.65. The first-order valence-corrected chi connectivity index (χ1v) is 8.64. The van der Waals surface area contributed by atoms with E-state index in [0.29, 0.717) is 12.2 Å². The summed E-state index contributed by atoms with van der Waals surface area (Å²) in [7, 11) is 0. The summed E-state index contributed by atoms with van der Waals surface area (Å²) >= 11 is 0. The molecule has 0 aromatic rings. The second kappa shape index (κ2) is 6.00. The summed E-state index contributed by atoms with van der Waals surface area (Å²) in [5.74, 6) is -1.15. The summed E-state index contributed by atoms with van der Waals surface area (Å²) in [5.41, 5.74) is -0.825. The molecule has 3 heterocycles. The maximum Gasteiger partial charge on any atom is 0.333 e. The van der Waals surface area contributed by atoms with Gasteiger partial charge in [0.15, 0.2) is 5.60 Å². The molecule has 3 rings (SSSR count). The van der Waals surface area contributed by atoms with Crippen LogP contribution in [0.2, 0.25) is 0 Å². The largest absolute Gasteiger partial charge is 0.483 e. The highest BCUT2D eigenvalue weighted by Crippen LogP contribution is 2.44. The van der Waals surface area contributed by atoms with Crippen molar-refractivity contribution in [3.8, 4) is 0 Å². The summed E-state index contributed by atoms with van der Waals surface area (Å²) < 4.78 is 17.2. The van der Waals surface area contributed by atoms with E-state index in [1.807, 2.05) is 6.92 Å². The van der Waals surface area contributed by atoms with Gasteiger partial charge < -0.3 is 14.2 Å². The Balaban J connectivity index is 2.00. The SMILES string of the molecule is C=C(C)C(=O)O[C@H]1C[C@@]2(C)OC(=CC2=O)[C@H](C)C[C@H]2OC(=O)[C@H](C)[C@H]12. The van der Waals surface area contributed by atoms with Gasteiger partial charge >= 0.3 is 11.9 Å². The minimum atomic E-state index is -1.09. The third kappa shape index (κ3) is 2.98. The van der Waals surface area contributed by atoms with Gasteiger partial charge in [0.2, 0.25) is 5.78 Å². The van der Waals surface area contributed by atoms with Crippen LogP contribution in [-0.4, -0.2) is 35.5 Å². The first-order chi connectivity index (χ1) is 11.6. The number of hydrogen-bond acceptors (Lipinski definition) is 6. The van der Waals surface area contributed by atoms with Gasteiger partial charge in [0.05, 0.1) is 5.92 Å². The van der Waals surface area contributed by atoms with Crippen LogP contribution in [0.1, 0.15) is 40.5 Å². The van der Waals surface area contributed by atoms with E-state index >= 15 is 0 Å². The van der Waals surface area contributed by atoms with Crippen molar-refractivity contribution in [3.05, 3.63) is 24.0 Å². The highest BCUT2D eigenvalue weighted by Gasteiger charge is 2.54. The molecule has 6 atom stereocenters. The van der Waals surface area contributed by atoms with E-state index in [1.165, 1.54) is 6.08 Å². The van der Waals surface area contributed by atoms with Crippen LogP contribution in [0.5, 0.6) is 0 Å². The maximum atomic E-state index is 12.5. The molecule has 2 fully saturated rings. The standard InChI is InChI=1S/C19H24O6/c1-9(2)17(21)24-14-8-19(5)15(20)7-12(25-19)10(3)6-13-16(14)11(4)18(22)23-13/h7,10-11,13-14,16H,1,6,8H2,2-5H3/t10-,11-,13-,14+,16+,19-/m1/s1. The zero-order valence-electron chi connectivity index (χ0n) is 15.0. The monoisotopic (exact) mass is 348 g/mol. The number of hydrogen-bond donors (Lipinski definition) is 0. The molecule has 25 heavy (non-hydrogen) atoms. The Labute approximate surface area is 147 Å². The van der Waals surface area contributed by atoms with E-state index < -0.39 is 23.6 Å². The number of rotatable bonds is 2. The fourth-order valence-corrected chi connectivity index (χ4v) is 3.93. The molecule has 6 heteroatoms. The van der Waals surface area contributed by atoms with Gasteiger partial charge in [0.25, 0.3) is 0 Å². The van der Waals surface area contributed by atoms with Crippen molar-refractivity contribution < 1.29 is 28.6 Å². The molecule has 0 unspecified atom stereocenters. The summed E-state index contributed by atoms with van der Waals surface area (Å²) in [4.78, 5) is 36.8. The van der Waals surface area contributed by atoms with Crippen LogP contribution in [0.4, 0.5) is 0 Å². The van der Waals surface area contributed by atoms with Crippen molar-refractivity contribution in [2.24, 2.45) is 17.8 Å². The second-order valence-electron chi connectivity index (χ2n) is 7.65. The Bertz CT molecular complexity index is 677. The van der Waals surface area contributed by atoms with Gasteiger partial charge in [-0.2, -0.15) is 0 Å². The third-order valence-corrected chi connectivity index (χ3v) is 5.48. The van der Waals surface area contributed by atoms with E-state index in [9.17, 15) is 14.4 Å². The Morgan fingerprint density at radius 1 is 1.36 bits per heavy atom. The lowest BCUT2D eigenvalue weighted by Crippen LogP contribution is -2.44. The highest BCUT2D eigenvalue weighted by atomic mass is 16.6. The molecule has 0 aromatic heterocycles. The Kier molecular flexibility index (Phi) is 4.25. The molecular formula is C19H24O6. The van der Waals surface area contributed by atoms with Gasteiger partial charge in [0.1, 0.15) is 18.0 Å². The van der Waals surface area contributed by atoms with E-state index in [2.05, 4.69) is 6.58 Å². The zero-order chi connectivity index (χ0) is 18.5. The van der Waals surface area contributed by atoms with E-state index in [1.54, 1.807) is 20.8 Å². The summed E-state index contributed by atoms with van der Waals surface area (Å²) in [6, 6.07) is 0. The number of allylic oxidation sites excluding steroid dienone is 1. The van der Waals surface area contributed by atoms with Crippen molar-refractivity contribution in [2.75, 3.05) is 0 Å². The molecule has 0 spiro atoms. The zero-order valence-corrected chi connectivity index (χ0v) is 15.0. The lowest BCUT2D eigenvalue weighted by molar-refractivity contribution is -0.155. The van der Waals surface area contributed by atoms with E-state index in [0.717, 1.165) is 0 Å². The molecule has 0 saturated carbocycles. The molecule has 136 valence electrons. The van der Waals surface area contributed by atoms with Gasteiger partial charge in [-0.05, 0) is 20.3 Å². The predicted molar refractivity (Wildman–Crippen MR) is 88.2 cm³/mol. The Morgan fingerprint density at radius 3 is 2.68 bits per heavy atom. The van der Waals surface area contributed by atoms with Gasteiger partial charge in [-0.1, -0.05) is 20.4 Å². The maximum absolute atomic E-state index is 12.5. The quantitative estimate of drug-likeness (QED) is 0.563. The smallest absolute Gasteiger partial charge is 0.333 e. The van der Waals surface area contributed by atoms with Crippen LogP contribution in [0.15, 0.2) is 24.0 Å². The van der Waals surface area contributed by atoms with Gasteiger partial charge in [-0.25, -0.2) is 4.79 Å². The first kappa shape index (κ1) is 17.7. The average Bonchev–Trinajstić information content (AvgIpc) is 2.96. The molecule has 0 radical (unpaired) electrons.